The Morgan fingerprint density at radius 2 is 1.95 bits per heavy atom. The van der Waals surface area contributed by atoms with Gasteiger partial charge in [0, 0.05) is 17.1 Å². The minimum absolute atomic E-state index is 0.352. The quantitative estimate of drug-likeness (QED) is 0.710. The molecule has 0 aliphatic carbocycles. The van der Waals surface area contributed by atoms with Crippen LogP contribution in [0.5, 0.6) is 0 Å². The van der Waals surface area contributed by atoms with Crippen LogP contribution in [0, 0.1) is 6.92 Å². The van der Waals surface area contributed by atoms with Gasteiger partial charge in [-0.15, -0.1) is 0 Å². The van der Waals surface area contributed by atoms with Crippen molar-refractivity contribution in [1.29, 1.82) is 0 Å². The van der Waals surface area contributed by atoms with E-state index in [2.05, 4.69) is 20.4 Å². The molecule has 3 rings (SSSR count). The lowest BCUT2D eigenvalue weighted by molar-refractivity contribution is -0.137. The first-order valence-electron chi connectivity index (χ1n) is 5.52. The molecule has 98 valence electrons. The molecule has 0 saturated carbocycles. The Balaban J connectivity index is 2.34. The van der Waals surface area contributed by atoms with E-state index >= 15 is 0 Å². The summed E-state index contributed by atoms with van der Waals surface area (Å²) in [5, 5.41) is 13.6. The molecule has 3 aromatic rings. The topological polar surface area (TPSA) is 57.4 Å². The van der Waals surface area contributed by atoms with Crippen molar-refractivity contribution in [2.45, 2.75) is 13.1 Å². The maximum Gasteiger partial charge on any atom is 0.416 e. The predicted molar refractivity (Wildman–Crippen MR) is 63.4 cm³/mol. The molecule has 19 heavy (non-hydrogen) atoms. The van der Waals surface area contributed by atoms with Crippen molar-refractivity contribution in [1.82, 2.24) is 20.4 Å². The number of nitrogens with one attached hydrogen (secondary N) is 2. The fourth-order valence-electron chi connectivity index (χ4n) is 2.07. The molecule has 0 bridgehead atoms. The van der Waals surface area contributed by atoms with Gasteiger partial charge in [-0.25, -0.2) is 0 Å². The van der Waals surface area contributed by atoms with Crippen LogP contribution in [0.3, 0.4) is 0 Å². The van der Waals surface area contributed by atoms with Gasteiger partial charge in [-0.05, 0) is 24.6 Å². The Labute approximate surface area is 105 Å². The molecule has 0 aliphatic heterocycles. The lowest BCUT2D eigenvalue weighted by Crippen LogP contribution is -2.05. The zero-order valence-corrected chi connectivity index (χ0v) is 9.84. The summed E-state index contributed by atoms with van der Waals surface area (Å²) in [7, 11) is 0. The van der Waals surface area contributed by atoms with Gasteiger partial charge in [0.05, 0.1) is 23.0 Å². The van der Waals surface area contributed by atoms with Crippen molar-refractivity contribution >= 4 is 10.9 Å². The highest BCUT2D eigenvalue weighted by atomic mass is 19.4. The number of hydrogen-bond acceptors (Lipinski definition) is 2. The largest absolute Gasteiger partial charge is 0.416 e. The minimum Gasteiger partial charge on any atom is -0.285 e. The maximum absolute atomic E-state index is 12.9. The molecule has 0 saturated heterocycles. The highest BCUT2D eigenvalue weighted by Crippen LogP contribution is 2.37. The first kappa shape index (κ1) is 11.8. The minimum atomic E-state index is -4.40. The zero-order chi connectivity index (χ0) is 13.6. The van der Waals surface area contributed by atoms with Gasteiger partial charge in [0.25, 0.3) is 0 Å². The molecule has 0 spiro atoms. The van der Waals surface area contributed by atoms with Crippen molar-refractivity contribution in [2.24, 2.45) is 0 Å². The number of rotatable bonds is 1. The molecule has 0 atom stereocenters. The third-order valence-corrected chi connectivity index (χ3v) is 3.01. The van der Waals surface area contributed by atoms with E-state index in [0.29, 0.717) is 27.7 Å². The third-order valence-electron chi connectivity index (χ3n) is 3.01. The van der Waals surface area contributed by atoms with E-state index < -0.39 is 11.7 Å². The first-order chi connectivity index (χ1) is 8.97. The van der Waals surface area contributed by atoms with Crippen LogP contribution in [0.2, 0.25) is 0 Å². The Bertz CT molecular complexity index is 739. The fourth-order valence-corrected chi connectivity index (χ4v) is 2.07. The average molecular weight is 266 g/mol. The van der Waals surface area contributed by atoms with E-state index in [1.165, 1.54) is 6.20 Å². The van der Waals surface area contributed by atoms with Crippen LogP contribution in [-0.4, -0.2) is 20.4 Å². The summed E-state index contributed by atoms with van der Waals surface area (Å²) >= 11 is 0. The normalized spacial score (nSPS) is 12.2. The van der Waals surface area contributed by atoms with E-state index in [-0.39, 0.29) is 0 Å². The molecule has 2 heterocycles. The van der Waals surface area contributed by atoms with E-state index in [1.807, 2.05) is 0 Å². The van der Waals surface area contributed by atoms with Gasteiger partial charge in [0.15, 0.2) is 0 Å². The van der Waals surface area contributed by atoms with Crippen molar-refractivity contribution < 1.29 is 13.2 Å². The number of alkyl halides is 3. The molecule has 0 fully saturated rings. The molecule has 2 N–H and O–H groups in total. The van der Waals surface area contributed by atoms with E-state index in [0.717, 1.165) is 12.1 Å². The van der Waals surface area contributed by atoms with Crippen LogP contribution in [-0.2, 0) is 6.18 Å². The van der Waals surface area contributed by atoms with Crippen LogP contribution in [0.1, 0.15) is 11.3 Å². The van der Waals surface area contributed by atoms with Crippen LogP contribution in [0.15, 0.2) is 24.5 Å². The Kier molecular flexibility index (Phi) is 2.38. The van der Waals surface area contributed by atoms with Gasteiger partial charge in [-0.3, -0.25) is 10.2 Å². The van der Waals surface area contributed by atoms with Crippen LogP contribution in [0.4, 0.5) is 13.2 Å². The monoisotopic (exact) mass is 266 g/mol. The van der Waals surface area contributed by atoms with Crippen LogP contribution in [0.25, 0.3) is 22.0 Å². The molecule has 2 aromatic heterocycles. The van der Waals surface area contributed by atoms with Crippen molar-refractivity contribution in [3.63, 3.8) is 0 Å². The van der Waals surface area contributed by atoms with Crippen LogP contribution < -0.4 is 0 Å². The van der Waals surface area contributed by atoms with Crippen molar-refractivity contribution in [3.8, 4) is 11.1 Å². The van der Waals surface area contributed by atoms with Gasteiger partial charge in [-0.2, -0.15) is 23.4 Å². The lowest BCUT2D eigenvalue weighted by Gasteiger charge is -2.09. The summed E-state index contributed by atoms with van der Waals surface area (Å²) in [5.41, 5.74) is 1.38. The van der Waals surface area contributed by atoms with E-state index in [1.54, 1.807) is 13.1 Å². The maximum atomic E-state index is 12.9. The van der Waals surface area contributed by atoms with Gasteiger partial charge in [0.1, 0.15) is 0 Å². The number of halogens is 3. The number of H-pyrrole nitrogens is 2. The fraction of sp³-hybridized carbons (Fsp3) is 0.167. The number of aromatic amines is 2. The highest BCUT2D eigenvalue weighted by Gasteiger charge is 2.32. The number of fused-ring (bicyclic) bond motifs is 1. The molecule has 4 nitrogen and oxygen atoms in total. The Hall–Kier alpha value is -2.31. The Morgan fingerprint density at radius 1 is 1.16 bits per heavy atom. The summed E-state index contributed by atoms with van der Waals surface area (Å²) in [4.78, 5) is 0. The first-order valence-corrected chi connectivity index (χ1v) is 5.52. The van der Waals surface area contributed by atoms with Crippen LogP contribution >= 0.6 is 0 Å². The SMILES string of the molecule is Cc1n[nH]cc1-c1cc(C(F)(F)F)cc2[nH]ncc12. The zero-order valence-electron chi connectivity index (χ0n) is 9.84. The number of hydrogen-bond donors (Lipinski definition) is 2. The smallest absolute Gasteiger partial charge is 0.285 e. The summed E-state index contributed by atoms with van der Waals surface area (Å²) in [6, 6.07) is 2.18. The molecule has 0 aliphatic rings. The van der Waals surface area contributed by atoms with Gasteiger partial charge < -0.3 is 0 Å². The second kappa shape index (κ2) is 3.84. The molecule has 1 aromatic carbocycles. The highest BCUT2D eigenvalue weighted by molar-refractivity contribution is 5.95. The summed E-state index contributed by atoms with van der Waals surface area (Å²) < 4.78 is 38.7. The second-order valence-corrected chi connectivity index (χ2v) is 4.24. The third kappa shape index (κ3) is 1.87. The molecule has 7 heteroatoms. The molecular weight excluding hydrogens is 257 g/mol. The van der Waals surface area contributed by atoms with Gasteiger partial charge in [-0.1, -0.05) is 0 Å². The molecule has 0 radical (unpaired) electrons. The molecule has 0 unspecified atom stereocenters. The Morgan fingerprint density at radius 3 is 2.58 bits per heavy atom. The van der Waals surface area contributed by atoms with Gasteiger partial charge in [0.2, 0.25) is 0 Å². The summed E-state index contributed by atoms with van der Waals surface area (Å²) in [5.74, 6) is 0. The standard InChI is InChI=1S/C12H9F3N4/c1-6-9(4-16-18-6)8-2-7(12(13,14)15)3-11-10(8)5-17-19-11/h2-5H,1H3,(H,16,18)(H,17,19). The molecule has 0 amide bonds. The number of benzene rings is 1. The number of aryl methyl sites for hydroxylation is 1. The average Bonchev–Trinajstić information content (AvgIpc) is 2.94. The number of nitrogens with zero attached hydrogens (tertiary/aromatic N) is 2. The summed E-state index contributed by atoms with van der Waals surface area (Å²) in [6.45, 7) is 1.73. The molecular formula is C12H9F3N4. The van der Waals surface area contributed by atoms with E-state index in [9.17, 15) is 13.2 Å². The predicted octanol–water partition coefficient (Wildman–Crippen LogP) is 3.28. The lowest BCUT2D eigenvalue weighted by atomic mass is 9.99. The van der Waals surface area contributed by atoms with E-state index in [4.69, 9.17) is 0 Å². The van der Waals surface area contributed by atoms with Crippen molar-refractivity contribution in [2.75, 3.05) is 0 Å². The van der Waals surface area contributed by atoms with Crippen molar-refractivity contribution in [3.05, 3.63) is 35.8 Å². The summed E-state index contributed by atoms with van der Waals surface area (Å²) in [6.07, 6.45) is -1.31. The van der Waals surface area contributed by atoms with Gasteiger partial charge >= 0.3 is 6.18 Å². The number of aromatic nitrogens is 4. The second-order valence-electron chi connectivity index (χ2n) is 4.24.